The molecular weight excluding hydrogens is 418 g/mol. The maximum atomic E-state index is 11.6. The first-order valence-corrected chi connectivity index (χ1v) is 11.3. The van der Waals surface area contributed by atoms with Crippen LogP contribution in [0.5, 0.6) is 0 Å². The SMILES string of the molecule is COC1(c2cc(-c3ccc(C)cc3)n(-c3ccc(CO)cc3)n2)CCC(OC(=O)CN)CC1. The monoisotopic (exact) mass is 449 g/mol. The van der Waals surface area contributed by atoms with Gasteiger partial charge in [0.2, 0.25) is 0 Å². The molecule has 4 rings (SSSR count). The lowest BCUT2D eigenvalue weighted by atomic mass is 9.80. The largest absolute Gasteiger partial charge is 0.461 e. The van der Waals surface area contributed by atoms with Crippen molar-refractivity contribution in [2.75, 3.05) is 13.7 Å². The third kappa shape index (κ3) is 4.85. The van der Waals surface area contributed by atoms with Gasteiger partial charge in [0.05, 0.1) is 30.2 Å². The predicted molar refractivity (Wildman–Crippen MR) is 126 cm³/mol. The first-order chi connectivity index (χ1) is 16.0. The molecule has 174 valence electrons. The highest BCUT2D eigenvalue weighted by atomic mass is 16.5. The van der Waals surface area contributed by atoms with E-state index < -0.39 is 5.60 Å². The number of carbonyl (C=O) groups excluding carboxylic acids is 1. The van der Waals surface area contributed by atoms with Gasteiger partial charge in [-0.25, -0.2) is 4.68 Å². The maximum absolute atomic E-state index is 11.6. The van der Waals surface area contributed by atoms with Crippen LogP contribution in [0.15, 0.2) is 54.6 Å². The number of aromatic nitrogens is 2. The molecule has 33 heavy (non-hydrogen) atoms. The fourth-order valence-electron chi connectivity index (χ4n) is 4.45. The summed E-state index contributed by atoms with van der Waals surface area (Å²) in [6.45, 7) is 1.96. The zero-order valence-corrected chi connectivity index (χ0v) is 19.2. The van der Waals surface area contributed by atoms with Crippen LogP contribution in [0, 0.1) is 6.92 Å². The number of ether oxygens (including phenoxy) is 2. The van der Waals surface area contributed by atoms with Gasteiger partial charge in [0.15, 0.2) is 0 Å². The zero-order valence-electron chi connectivity index (χ0n) is 19.2. The van der Waals surface area contributed by atoms with Gasteiger partial charge >= 0.3 is 5.97 Å². The number of methoxy groups -OCH3 is 1. The molecule has 7 nitrogen and oxygen atoms in total. The van der Waals surface area contributed by atoms with Gasteiger partial charge in [0.25, 0.3) is 0 Å². The van der Waals surface area contributed by atoms with Gasteiger partial charge in [0, 0.05) is 12.7 Å². The van der Waals surface area contributed by atoms with E-state index in [1.54, 1.807) is 7.11 Å². The Labute approximate surface area is 194 Å². The molecule has 1 aliphatic rings. The molecule has 0 spiro atoms. The number of hydrogen-bond acceptors (Lipinski definition) is 6. The van der Waals surface area contributed by atoms with Gasteiger partial charge in [-0.1, -0.05) is 42.0 Å². The van der Waals surface area contributed by atoms with Crippen LogP contribution in [-0.4, -0.2) is 40.6 Å². The lowest BCUT2D eigenvalue weighted by molar-refractivity contribution is -0.153. The molecule has 1 heterocycles. The maximum Gasteiger partial charge on any atom is 0.319 e. The lowest BCUT2D eigenvalue weighted by Crippen LogP contribution is -2.38. The molecule has 0 radical (unpaired) electrons. The average Bonchev–Trinajstić information content (AvgIpc) is 3.31. The Balaban J connectivity index is 1.71. The molecule has 1 fully saturated rings. The minimum atomic E-state index is -0.554. The molecule has 7 heteroatoms. The molecular formula is C26H31N3O4. The van der Waals surface area contributed by atoms with Crippen LogP contribution in [0.1, 0.15) is 42.5 Å². The number of esters is 1. The van der Waals surface area contributed by atoms with Gasteiger partial charge in [-0.15, -0.1) is 0 Å². The van der Waals surface area contributed by atoms with Crippen LogP contribution in [0.25, 0.3) is 16.9 Å². The number of aliphatic hydroxyl groups is 1. The van der Waals surface area contributed by atoms with E-state index in [4.69, 9.17) is 20.3 Å². The Kier molecular flexibility index (Phi) is 6.93. The third-order valence-electron chi connectivity index (χ3n) is 6.48. The van der Waals surface area contributed by atoms with Crippen LogP contribution in [-0.2, 0) is 26.5 Å². The van der Waals surface area contributed by atoms with Crippen molar-refractivity contribution < 1.29 is 19.4 Å². The first kappa shape index (κ1) is 23.2. The van der Waals surface area contributed by atoms with Crippen LogP contribution in [0.3, 0.4) is 0 Å². The summed E-state index contributed by atoms with van der Waals surface area (Å²) in [5, 5.41) is 14.4. The second kappa shape index (κ2) is 9.87. The van der Waals surface area contributed by atoms with Crippen molar-refractivity contribution in [1.29, 1.82) is 0 Å². The Hall–Kier alpha value is -3.00. The van der Waals surface area contributed by atoms with E-state index in [0.29, 0.717) is 25.7 Å². The standard InChI is InChI=1S/C26H31N3O4/c1-18-3-7-20(8-4-18)23-15-24(28-29(23)21-9-5-19(17-30)6-10-21)26(32-2)13-11-22(12-14-26)33-25(31)16-27/h3-10,15,22,30H,11-14,16-17,27H2,1-2H3. The van der Waals surface area contributed by atoms with Gasteiger partial charge < -0.3 is 20.3 Å². The molecule has 0 amide bonds. The zero-order chi connectivity index (χ0) is 23.4. The number of aliphatic hydroxyl groups excluding tert-OH is 1. The number of nitrogens with two attached hydrogens (primary N) is 1. The van der Waals surface area contributed by atoms with Gasteiger partial charge in [-0.2, -0.15) is 5.10 Å². The van der Waals surface area contributed by atoms with Crippen molar-refractivity contribution in [2.24, 2.45) is 5.73 Å². The second-order valence-corrected chi connectivity index (χ2v) is 8.61. The van der Waals surface area contributed by atoms with Gasteiger partial charge in [0.1, 0.15) is 11.7 Å². The molecule has 0 atom stereocenters. The molecule has 0 saturated heterocycles. The summed E-state index contributed by atoms with van der Waals surface area (Å²) in [5.74, 6) is -0.373. The number of benzene rings is 2. The summed E-state index contributed by atoms with van der Waals surface area (Å²) in [6.07, 6.45) is 2.63. The normalized spacial score (nSPS) is 20.5. The number of nitrogens with zero attached hydrogens (tertiary/aromatic N) is 2. The highest BCUT2D eigenvalue weighted by Crippen LogP contribution is 2.42. The van der Waals surface area contributed by atoms with E-state index in [2.05, 4.69) is 37.3 Å². The summed E-state index contributed by atoms with van der Waals surface area (Å²) in [7, 11) is 1.72. The Bertz CT molecular complexity index is 1080. The number of carbonyl (C=O) groups is 1. The van der Waals surface area contributed by atoms with E-state index in [1.807, 2.05) is 28.9 Å². The average molecular weight is 450 g/mol. The summed E-state index contributed by atoms with van der Waals surface area (Å²) < 4.78 is 13.4. The molecule has 0 aliphatic heterocycles. The fourth-order valence-corrected chi connectivity index (χ4v) is 4.45. The molecule has 1 aromatic heterocycles. The van der Waals surface area contributed by atoms with E-state index in [1.165, 1.54) is 5.56 Å². The smallest absolute Gasteiger partial charge is 0.319 e. The van der Waals surface area contributed by atoms with E-state index in [9.17, 15) is 9.90 Å². The highest BCUT2D eigenvalue weighted by Gasteiger charge is 2.40. The van der Waals surface area contributed by atoms with Crippen molar-refractivity contribution in [3.8, 4) is 16.9 Å². The second-order valence-electron chi connectivity index (χ2n) is 8.61. The molecule has 2 aromatic carbocycles. The summed E-state index contributed by atoms with van der Waals surface area (Å²) >= 11 is 0. The van der Waals surface area contributed by atoms with Crippen molar-refractivity contribution in [2.45, 2.75) is 50.9 Å². The Morgan fingerprint density at radius 1 is 1.15 bits per heavy atom. The first-order valence-electron chi connectivity index (χ1n) is 11.3. The van der Waals surface area contributed by atoms with Crippen LogP contribution in [0.2, 0.25) is 0 Å². The summed E-state index contributed by atoms with van der Waals surface area (Å²) in [4.78, 5) is 11.6. The van der Waals surface area contributed by atoms with Crippen LogP contribution in [0.4, 0.5) is 0 Å². The molecule has 3 aromatic rings. The summed E-state index contributed by atoms with van der Waals surface area (Å²) in [6, 6.07) is 18.2. The van der Waals surface area contributed by atoms with E-state index in [-0.39, 0.29) is 25.2 Å². The van der Waals surface area contributed by atoms with Crippen LogP contribution < -0.4 is 5.73 Å². The molecule has 1 aliphatic carbocycles. The molecule has 3 N–H and O–H groups in total. The Morgan fingerprint density at radius 2 is 1.82 bits per heavy atom. The molecule has 0 unspecified atom stereocenters. The molecule has 0 bridgehead atoms. The number of hydrogen-bond donors (Lipinski definition) is 2. The predicted octanol–water partition coefficient (Wildman–Crippen LogP) is 3.63. The van der Waals surface area contributed by atoms with E-state index >= 15 is 0 Å². The van der Waals surface area contributed by atoms with Crippen molar-refractivity contribution in [3.63, 3.8) is 0 Å². The topological polar surface area (TPSA) is 99.6 Å². The van der Waals surface area contributed by atoms with Crippen molar-refractivity contribution >= 4 is 5.97 Å². The minimum absolute atomic E-state index is 0.00185. The van der Waals surface area contributed by atoms with Crippen molar-refractivity contribution in [3.05, 3.63) is 71.4 Å². The number of aryl methyl sites for hydroxylation is 1. The summed E-state index contributed by atoms with van der Waals surface area (Å²) in [5.41, 5.74) is 10.7. The van der Waals surface area contributed by atoms with E-state index in [0.717, 1.165) is 28.2 Å². The Morgan fingerprint density at radius 3 is 2.39 bits per heavy atom. The van der Waals surface area contributed by atoms with Gasteiger partial charge in [-0.3, -0.25) is 4.79 Å². The lowest BCUT2D eigenvalue weighted by Gasteiger charge is -2.37. The minimum Gasteiger partial charge on any atom is -0.461 e. The third-order valence-corrected chi connectivity index (χ3v) is 6.48. The molecule has 1 saturated carbocycles. The van der Waals surface area contributed by atoms with Crippen molar-refractivity contribution in [1.82, 2.24) is 9.78 Å². The quantitative estimate of drug-likeness (QED) is 0.535. The fraction of sp³-hybridized carbons (Fsp3) is 0.385. The highest BCUT2D eigenvalue weighted by molar-refractivity contribution is 5.71. The van der Waals surface area contributed by atoms with Gasteiger partial charge in [-0.05, 0) is 56.4 Å². The number of rotatable bonds is 7. The van der Waals surface area contributed by atoms with Crippen LogP contribution >= 0.6 is 0 Å².